The first-order valence-corrected chi connectivity index (χ1v) is 6.37. The summed E-state index contributed by atoms with van der Waals surface area (Å²) in [5.41, 5.74) is -0.898. The van der Waals surface area contributed by atoms with Gasteiger partial charge in [0.25, 0.3) is 11.6 Å². The molecular formula is C8H7ClN2O5S. The third kappa shape index (κ3) is 2.92. The summed E-state index contributed by atoms with van der Waals surface area (Å²) in [5, 5.41) is 10.6. The van der Waals surface area contributed by atoms with Crippen molar-refractivity contribution >= 4 is 33.4 Å². The van der Waals surface area contributed by atoms with Gasteiger partial charge in [-0.15, -0.1) is 3.82 Å². The number of nitro groups is 1. The molecule has 0 aromatic heterocycles. The fourth-order valence-corrected chi connectivity index (χ4v) is 1.55. The lowest BCUT2D eigenvalue weighted by molar-refractivity contribution is -0.385. The van der Waals surface area contributed by atoms with Crippen molar-refractivity contribution in [3.05, 3.63) is 39.9 Å². The zero-order chi connectivity index (χ0) is 13.2. The molecule has 1 aromatic carbocycles. The Morgan fingerprint density at radius 3 is 2.41 bits per heavy atom. The highest BCUT2D eigenvalue weighted by Gasteiger charge is 2.28. The summed E-state index contributed by atoms with van der Waals surface area (Å²) < 4.78 is 22.0. The van der Waals surface area contributed by atoms with Crippen molar-refractivity contribution in [1.29, 1.82) is 0 Å². The molecule has 92 valence electrons. The summed E-state index contributed by atoms with van der Waals surface area (Å²) in [7, 11) is -3.97. The first kappa shape index (κ1) is 13.4. The molecule has 0 aliphatic heterocycles. The molecule has 0 atom stereocenters. The summed E-state index contributed by atoms with van der Waals surface area (Å²) >= 11 is 5.29. The first-order valence-electron chi connectivity index (χ1n) is 4.19. The van der Waals surface area contributed by atoms with Crippen molar-refractivity contribution < 1.29 is 18.1 Å². The average molecular weight is 279 g/mol. The molecular weight excluding hydrogens is 272 g/mol. The highest BCUT2D eigenvalue weighted by molar-refractivity contribution is 7.89. The summed E-state index contributed by atoms with van der Waals surface area (Å²) in [4.78, 5) is 21.5. The van der Waals surface area contributed by atoms with E-state index in [-0.39, 0.29) is 3.82 Å². The standard InChI is InChI=1S/C8H7ClN2O5S/c1-17(15,16)10(9)8(12)6-4-2-3-5-7(6)11(13)14/h2-5H,1H3. The minimum Gasteiger partial charge on any atom is -0.266 e. The fraction of sp³-hybridized carbons (Fsp3) is 0.125. The van der Waals surface area contributed by atoms with E-state index in [1.54, 1.807) is 0 Å². The maximum absolute atomic E-state index is 11.6. The van der Waals surface area contributed by atoms with Crippen LogP contribution in [0.1, 0.15) is 10.4 Å². The van der Waals surface area contributed by atoms with E-state index in [0.29, 0.717) is 6.26 Å². The number of carbonyl (C=O) groups is 1. The van der Waals surface area contributed by atoms with Crippen LogP contribution in [0.15, 0.2) is 24.3 Å². The molecule has 0 unspecified atom stereocenters. The second kappa shape index (κ2) is 4.68. The quantitative estimate of drug-likeness (QED) is 0.469. The SMILES string of the molecule is CS(=O)(=O)N(Cl)C(=O)c1ccccc1[N+](=O)[O-]. The molecule has 7 nitrogen and oxygen atoms in total. The second-order valence-corrected chi connectivity index (χ2v) is 5.43. The Kier molecular flexibility index (Phi) is 3.69. The van der Waals surface area contributed by atoms with Crippen molar-refractivity contribution in [1.82, 2.24) is 3.82 Å². The van der Waals surface area contributed by atoms with Crippen LogP contribution in [0.25, 0.3) is 0 Å². The van der Waals surface area contributed by atoms with Crippen molar-refractivity contribution in [2.45, 2.75) is 0 Å². The molecule has 0 spiro atoms. The number of carbonyl (C=O) groups excluding carboxylic acids is 1. The summed E-state index contributed by atoms with van der Waals surface area (Å²) in [6.45, 7) is 0. The van der Waals surface area contributed by atoms with E-state index >= 15 is 0 Å². The third-order valence-electron chi connectivity index (χ3n) is 1.78. The fourth-order valence-electron chi connectivity index (χ4n) is 1.06. The molecule has 0 heterocycles. The lowest BCUT2D eigenvalue weighted by Gasteiger charge is -2.10. The largest absolute Gasteiger partial charge is 0.289 e. The van der Waals surface area contributed by atoms with Crippen LogP contribution in [0.5, 0.6) is 0 Å². The van der Waals surface area contributed by atoms with Gasteiger partial charge in [-0.2, -0.15) is 0 Å². The van der Waals surface area contributed by atoms with Crippen LogP contribution in [0, 0.1) is 10.1 Å². The van der Waals surface area contributed by atoms with E-state index < -0.39 is 32.1 Å². The van der Waals surface area contributed by atoms with Crippen LogP contribution in [-0.2, 0) is 10.0 Å². The summed E-state index contributed by atoms with van der Waals surface area (Å²) in [6.07, 6.45) is 0.715. The molecule has 9 heteroatoms. The van der Waals surface area contributed by atoms with Gasteiger partial charge in [-0.05, 0) is 6.07 Å². The van der Waals surface area contributed by atoms with E-state index in [2.05, 4.69) is 0 Å². The predicted octanol–water partition coefficient (Wildman–Crippen LogP) is 1.15. The van der Waals surface area contributed by atoms with Gasteiger partial charge in [0.1, 0.15) is 5.56 Å². The highest BCUT2D eigenvalue weighted by atomic mass is 35.5. The Hall–Kier alpha value is -1.67. The number of benzene rings is 1. The molecule has 0 radical (unpaired) electrons. The van der Waals surface area contributed by atoms with Gasteiger partial charge in [0.2, 0.25) is 10.0 Å². The first-order chi connectivity index (χ1) is 7.75. The lowest BCUT2D eigenvalue weighted by Crippen LogP contribution is -2.28. The maximum Gasteiger partial charge on any atom is 0.289 e. The van der Waals surface area contributed by atoms with Crippen molar-refractivity contribution in [2.24, 2.45) is 0 Å². The van der Waals surface area contributed by atoms with E-state index in [0.717, 1.165) is 12.1 Å². The molecule has 0 saturated heterocycles. The molecule has 0 N–H and O–H groups in total. The molecule has 17 heavy (non-hydrogen) atoms. The number of amides is 1. The summed E-state index contributed by atoms with van der Waals surface area (Å²) in [6, 6.07) is 4.93. The normalized spacial score (nSPS) is 10.9. The van der Waals surface area contributed by atoms with Crippen LogP contribution in [0.2, 0.25) is 0 Å². The average Bonchev–Trinajstić information content (AvgIpc) is 2.25. The number of para-hydroxylation sites is 1. The van der Waals surface area contributed by atoms with Crippen molar-refractivity contribution in [3.63, 3.8) is 0 Å². The Morgan fingerprint density at radius 2 is 1.94 bits per heavy atom. The van der Waals surface area contributed by atoms with Crippen LogP contribution in [-0.4, -0.2) is 29.3 Å². The van der Waals surface area contributed by atoms with Gasteiger partial charge in [-0.1, -0.05) is 12.1 Å². The highest BCUT2D eigenvalue weighted by Crippen LogP contribution is 2.21. The molecule has 1 rings (SSSR count). The monoisotopic (exact) mass is 278 g/mol. The van der Waals surface area contributed by atoms with Crippen LogP contribution in [0.3, 0.4) is 0 Å². The maximum atomic E-state index is 11.6. The zero-order valence-electron chi connectivity index (χ0n) is 8.53. The number of hydrogen-bond acceptors (Lipinski definition) is 5. The molecule has 0 aliphatic carbocycles. The molecule has 0 fully saturated rings. The zero-order valence-corrected chi connectivity index (χ0v) is 10.1. The van der Waals surface area contributed by atoms with E-state index in [1.165, 1.54) is 12.1 Å². The molecule has 1 aromatic rings. The van der Waals surface area contributed by atoms with E-state index in [4.69, 9.17) is 11.8 Å². The van der Waals surface area contributed by atoms with Crippen LogP contribution < -0.4 is 0 Å². The Morgan fingerprint density at radius 1 is 1.41 bits per heavy atom. The number of sulfonamides is 1. The van der Waals surface area contributed by atoms with Crippen molar-refractivity contribution in [3.8, 4) is 0 Å². The molecule has 1 amide bonds. The molecule has 0 saturated carbocycles. The van der Waals surface area contributed by atoms with E-state index in [9.17, 15) is 23.3 Å². The smallest absolute Gasteiger partial charge is 0.266 e. The number of nitrogens with zero attached hydrogens (tertiary/aromatic N) is 2. The predicted molar refractivity (Wildman–Crippen MR) is 60.0 cm³/mol. The van der Waals surface area contributed by atoms with Gasteiger partial charge in [0, 0.05) is 17.8 Å². The summed E-state index contributed by atoms with van der Waals surface area (Å²) in [5.74, 6) is -1.17. The van der Waals surface area contributed by atoms with Gasteiger partial charge in [-0.3, -0.25) is 14.9 Å². The topological polar surface area (TPSA) is 97.6 Å². The third-order valence-corrected chi connectivity index (χ3v) is 3.44. The minimum absolute atomic E-state index is 0.0602. The molecule has 0 aliphatic rings. The van der Waals surface area contributed by atoms with Crippen LogP contribution >= 0.6 is 11.8 Å². The van der Waals surface area contributed by atoms with Gasteiger partial charge in [0.05, 0.1) is 11.2 Å². The minimum atomic E-state index is -3.97. The Labute approximate surface area is 102 Å². The number of rotatable bonds is 3. The lowest BCUT2D eigenvalue weighted by atomic mass is 10.2. The molecule has 0 bridgehead atoms. The second-order valence-electron chi connectivity index (χ2n) is 3.06. The van der Waals surface area contributed by atoms with Gasteiger partial charge >= 0.3 is 0 Å². The van der Waals surface area contributed by atoms with Gasteiger partial charge < -0.3 is 0 Å². The number of halogens is 1. The van der Waals surface area contributed by atoms with Gasteiger partial charge in [0.15, 0.2) is 0 Å². The van der Waals surface area contributed by atoms with E-state index in [1.807, 2.05) is 0 Å². The number of nitro benzene ring substituents is 1. The van der Waals surface area contributed by atoms with Crippen molar-refractivity contribution in [2.75, 3.05) is 6.26 Å². The Balaban J connectivity index is 3.27. The van der Waals surface area contributed by atoms with Crippen LogP contribution in [0.4, 0.5) is 5.69 Å². The number of hydrogen-bond donors (Lipinski definition) is 0. The van der Waals surface area contributed by atoms with Gasteiger partial charge in [-0.25, -0.2) is 8.42 Å². The Bertz CT molecular complexity index is 571.